The number of para-hydroxylation sites is 2. The highest BCUT2D eigenvalue weighted by Gasteiger charge is 2.17. The summed E-state index contributed by atoms with van der Waals surface area (Å²) in [6.45, 7) is 0. The molecule has 1 aliphatic rings. The van der Waals surface area contributed by atoms with Gasteiger partial charge in [-0.15, -0.1) is 11.3 Å². The van der Waals surface area contributed by atoms with Crippen molar-refractivity contribution in [3.8, 4) is 23.1 Å². The monoisotopic (exact) mass is 397 g/mol. The van der Waals surface area contributed by atoms with Gasteiger partial charge in [-0.25, -0.2) is 9.98 Å². The molecule has 0 unspecified atom stereocenters. The Morgan fingerprint density at radius 1 is 1.07 bits per heavy atom. The van der Waals surface area contributed by atoms with Gasteiger partial charge >= 0.3 is 0 Å². The van der Waals surface area contributed by atoms with Crippen LogP contribution in [-0.2, 0) is 0 Å². The summed E-state index contributed by atoms with van der Waals surface area (Å²) in [5.74, 6) is 1.74. The molecule has 2 heterocycles. The number of hydrogen-bond donors (Lipinski definition) is 1. The second-order valence-electron chi connectivity index (χ2n) is 5.64. The van der Waals surface area contributed by atoms with E-state index in [1.807, 2.05) is 24.3 Å². The summed E-state index contributed by atoms with van der Waals surface area (Å²) in [4.78, 5) is 9.50. The first kappa shape index (κ1) is 17.4. The van der Waals surface area contributed by atoms with Crippen LogP contribution in [-0.4, -0.2) is 23.9 Å². The smallest absolute Gasteiger partial charge is 0.215 e. The van der Waals surface area contributed by atoms with Crippen molar-refractivity contribution < 1.29 is 14.6 Å². The summed E-state index contributed by atoms with van der Waals surface area (Å²) in [6, 6.07) is 12.9. The summed E-state index contributed by atoms with van der Waals surface area (Å²) in [6.07, 6.45) is 1.72. The molecular formula is C19H15N3O3S2. The Labute approximate surface area is 164 Å². The lowest BCUT2D eigenvalue weighted by Gasteiger charge is -2.11. The van der Waals surface area contributed by atoms with Gasteiger partial charge in [0.25, 0.3) is 0 Å². The van der Waals surface area contributed by atoms with Gasteiger partial charge in [-0.3, -0.25) is 4.57 Å². The summed E-state index contributed by atoms with van der Waals surface area (Å²) in [5.41, 5.74) is 0.630. The van der Waals surface area contributed by atoms with Crippen molar-refractivity contribution in [2.45, 2.75) is 0 Å². The van der Waals surface area contributed by atoms with Crippen LogP contribution in [0.1, 0.15) is 4.88 Å². The van der Waals surface area contributed by atoms with Crippen molar-refractivity contribution in [2.75, 3.05) is 14.2 Å². The van der Waals surface area contributed by atoms with E-state index in [4.69, 9.17) is 21.7 Å². The molecule has 0 saturated heterocycles. The maximum Gasteiger partial charge on any atom is 0.215 e. The van der Waals surface area contributed by atoms with E-state index < -0.39 is 0 Å². The topological polar surface area (TPSA) is 68.3 Å². The molecule has 0 fully saturated rings. The number of benzene rings is 2. The number of hydrogen-bond acceptors (Lipinski definition) is 7. The number of ether oxygens (including phenoxy) is 2. The summed E-state index contributed by atoms with van der Waals surface area (Å²) in [7, 11) is 3.14. The Kier molecular flexibility index (Phi) is 4.51. The van der Waals surface area contributed by atoms with Crippen LogP contribution >= 0.6 is 23.6 Å². The molecule has 2 aromatic carbocycles. The van der Waals surface area contributed by atoms with Crippen LogP contribution in [0.2, 0.25) is 0 Å². The maximum atomic E-state index is 10.8. The second kappa shape index (κ2) is 6.98. The number of nitrogens with zero attached hydrogens (tertiary/aromatic N) is 3. The molecule has 0 spiro atoms. The van der Waals surface area contributed by atoms with Crippen molar-refractivity contribution in [1.82, 2.24) is 4.57 Å². The zero-order chi connectivity index (χ0) is 19.0. The number of thiazole rings is 1. The van der Waals surface area contributed by atoms with E-state index in [2.05, 4.69) is 9.98 Å². The van der Waals surface area contributed by atoms with Crippen molar-refractivity contribution in [1.29, 1.82) is 0 Å². The van der Waals surface area contributed by atoms with Crippen molar-refractivity contribution >= 4 is 29.6 Å². The molecule has 0 amide bonds. The molecule has 0 bridgehead atoms. The highest BCUT2D eigenvalue weighted by Crippen LogP contribution is 2.36. The van der Waals surface area contributed by atoms with E-state index in [-0.39, 0.29) is 5.88 Å². The van der Waals surface area contributed by atoms with E-state index in [0.29, 0.717) is 31.8 Å². The van der Waals surface area contributed by atoms with Gasteiger partial charge in [-0.1, -0.05) is 12.1 Å². The lowest BCUT2D eigenvalue weighted by molar-refractivity contribution is 0.390. The third-order valence-electron chi connectivity index (χ3n) is 4.05. The van der Waals surface area contributed by atoms with Crippen LogP contribution in [0.15, 0.2) is 58.3 Å². The third-order valence-corrected chi connectivity index (χ3v) is 5.36. The van der Waals surface area contributed by atoms with Gasteiger partial charge in [-0.2, -0.15) is 0 Å². The lowest BCUT2D eigenvalue weighted by atomic mass is 10.2. The highest BCUT2D eigenvalue weighted by molar-refractivity contribution is 7.73. The lowest BCUT2D eigenvalue weighted by Crippen LogP contribution is -2.19. The molecule has 8 heteroatoms. The number of aromatic nitrogens is 1. The molecule has 1 aromatic heterocycles. The van der Waals surface area contributed by atoms with Crippen molar-refractivity contribution in [3.63, 3.8) is 0 Å². The molecule has 1 N–H and O–H groups in total. The van der Waals surface area contributed by atoms with Gasteiger partial charge in [0.05, 0.1) is 35.5 Å². The molecule has 6 nitrogen and oxygen atoms in total. The largest absolute Gasteiger partial charge is 0.497 e. The van der Waals surface area contributed by atoms with Crippen LogP contribution in [0.5, 0.6) is 17.4 Å². The van der Waals surface area contributed by atoms with E-state index in [0.717, 1.165) is 10.7 Å². The first-order valence-corrected chi connectivity index (χ1v) is 9.24. The SMILES string of the molecule is COc1ccc(-n2c(O)c(C=C3N=c4ccccc4=N3)sc2=S)c(OC)c1. The molecule has 136 valence electrons. The van der Waals surface area contributed by atoms with Crippen LogP contribution in [0, 0.1) is 3.95 Å². The average molecular weight is 397 g/mol. The van der Waals surface area contributed by atoms with Gasteiger partial charge in [0.15, 0.2) is 9.78 Å². The third kappa shape index (κ3) is 3.13. The summed E-state index contributed by atoms with van der Waals surface area (Å²) >= 11 is 6.74. The predicted molar refractivity (Wildman–Crippen MR) is 106 cm³/mol. The fourth-order valence-electron chi connectivity index (χ4n) is 2.76. The van der Waals surface area contributed by atoms with Gasteiger partial charge in [-0.05, 0) is 36.5 Å². The van der Waals surface area contributed by atoms with Crippen LogP contribution in [0.3, 0.4) is 0 Å². The van der Waals surface area contributed by atoms with Gasteiger partial charge in [0, 0.05) is 12.1 Å². The predicted octanol–water partition coefficient (Wildman–Crippen LogP) is 3.24. The van der Waals surface area contributed by atoms with Crippen LogP contribution < -0.4 is 20.2 Å². The number of aromatic hydroxyl groups is 1. The molecule has 0 aliphatic carbocycles. The minimum atomic E-state index is 0.0160. The number of methoxy groups -OCH3 is 2. The van der Waals surface area contributed by atoms with Crippen LogP contribution in [0.25, 0.3) is 11.8 Å². The number of fused-ring (bicyclic) bond motifs is 1. The van der Waals surface area contributed by atoms with Crippen molar-refractivity contribution in [3.05, 3.63) is 67.8 Å². The summed E-state index contributed by atoms with van der Waals surface area (Å²) < 4.78 is 12.7. The maximum absolute atomic E-state index is 10.8. The Morgan fingerprint density at radius 3 is 2.41 bits per heavy atom. The van der Waals surface area contributed by atoms with Gasteiger partial charge in [0.1, 0.15) is 11.5 Å². The normalized spacial score (nSPS) is 12.1. The molecule has 0 radical (unpaired) electrons. The molecular weight excluding hydrogens is 382 g/mol. The Balaban J connectivity index is 1.81. The molecule has 3 aromatic rings. The van der Waals surface area contributed by atoms with Crippen molar-refractivity contribution in [2.24, 2.45) is 9.98 Å². The van der Waals surface area contributed by atoms with E-state index in [1.54, 1.807) is 43.1 Å². The first-order chi connectivity index (χ1) is 13.1. The average Bonchev–Trinajstić information content (AvgIpc) is 3.21. The van der Waals surface area contributed by atoms with Gasteiger partial charge in [0.2, 0.25) is 5.88 Å². The second-order valence-corrected chi connectivity index (χ2v) is 7.32. The zero-order valence-electron chi connectivity index (χ0n) is 14.5. The molecule has 4 rings (SSSR count). The Hall–Kier alpha value is -2.97. The quantitative estimate of drug-likeness (QED) is 0.687. The molecule has 27 heavy (non-hydrogen) atoms. The fourth-order valence-corrected chi connectivity index (χ4v) is 4.03. The van der Waals surface area contributed by atoms with E-state index in [1.165, 1.54) is 11.3 Å². The number of rotatable bonds is 4. The Morgan fingerprint density at radius 2 is 1.78 bits per heavy atom. The minimum absolute atomic E-state index is 0.0160. The fraction of sp³-hybridized carbons (Fsp3) is 0.105. The van der Waals surface area contributed by atoms with Gasteiger partial charge < -0.3 is 14.6 Å². The molecule has 1 aliphatic heterocycles. The van der Waals surface area contributed by atoms with E-state index >= 15 is 0 Å². The van der Waals surface area contributed by atoms with E-state index in [9.17, 15) is 5.11 Å². The Bertz CT molecular complexity index is 1200. The zero-order valence-corrected chi connectivity index (χ0v) is 16.2. The molecule has 0 saturated carbocycles. The summed E-state index contributed by atoms with van der Waals surface area (Å²) in [5, 5.41) is 12.4. The minimum Gasteiger partial charge on any atom is -0.497 e. The van der Waals surface area contributed by atoms with Crippen LogP contribution in [0.4, 0.5) is 0 Å². The standard InChI is InChI=1S/C19H15N3O3S2/c1-24-11-7-8-14(15(9-11)25-2)22-18(23)16(27-19(22)26)10-17-20-12-5-3-4-6-13(12)21-17/h3-10,23H,1-2H3. The first-order valence-electron chi connectivity index (χ1n) is 8.02. The molecule has 0 atom stereocenters. The highest BCUT2D eigenvalue weighted by atomic mass is 32.1.